The van der Waals surface area contributed by atoms with E-state index in [4.69, 9.17) is 13.9 Å². The van der Waals surface area contributed by atoms with Gasteiger partial charge in [0.2, 0.25) is 5.75 Å². The molecule has 1 N–H and O–H groups in total. The lowest BCUT2D eigenvalue weighted by atomic mass is 10.1. The molecule has 0 saturated carbocycles. The van der Waals surface area contributed by atoms with Crippen LogP contribution in [0.5, 0.6) is 17.2 Å². The van der Waals surface area contributed by atoms with E-state index in [0.29, 0.717) is 24.3 Å². The van der Waals surface area contributed by atoms with Gasteiger partial charge in [-0.25, -0.2) is 4.79 Å². The van der Waals surface area contributed by atoms with Crippen molar-refractivity contribution in [2.75, 3.05) is 13.2 Å². The summed E-state index contributed by atoms with van der Waals surface area (Å²) in [6, 6.07) is 5.15. The molecule has 0 bridgehead atoms. The standard InChI is InChI=1S/C29H42O5/c1-5-6-7-8-9-10-11-12-20-33-28-27(30)26-24(17-14-18-25(26)34-29(28)31)32-21-19-23(4)16-13-15-22(2)3/h14-15,17-19,30H,5-13,16,20-21H2,1-4H3. The molecule has 188 valence electrons. The van der Waals surface area contributed by atoms with Crippen LogP contribution in [0, 0.1) is 0 Å². The summed E-state index contributed by atoms with van der Waals surface area (Å²) in [4.78, 5) is 12.4. The highest BCUT2D eigenvalue weighted by Gasteiger charge is 2.18. The molecule has 0 spiro atoms. The van der Waals surface area contributed by atoms with E-state index in [-0.39, 0.29) is 17.1 Å². The van der Waals surface area contributed by atoms with Gasteiger partial charge in [-0.05, 0) is 58.2 Å². The molecule has 0 aliphatic carbocycles. The topological polar surface area (TPSA) is 68.9 Å². The zero-order valence-electron chi connectivity index (χ0n) is 21.5. The number of rotatable bonds is 16. The minimum atomic E-state index is -0.670. The first-order valence-corrected chi connectivity index (χ1v) is 12.8. The van der Waals surface area contributed by atoms with Gasteiger partial charge in [0.25, 0.3) is 0 Å². The van der Waals surface area contributed by atoms with Crippen molar-refractivity contribution in [2.24, 2.45) is 0 Å². The molecule has 0 aliphatic heterocycles. The van der Waals surface area contributed by atoms with Crippen LogP contribution in [0.2, 0.25) is 0 Å². The molecular formula is C29H42O5. The number of aromatic hydroxyl groups is 1. The van der Waals surface area contributed by atoms with E-state index in [1.807, 2.05) is 6.08 Å². The number of allylic oxidation sites excluding steroid dienone is 3. The number of benzene rings is 1. The van der Waals surface area contributed by atoms with Crippen LogP contribution in [0.1, 0.15) is 91.9 Å². The van der Waals surface area contributed by atoms with E-state index < -0.39 is 5.63 Å². The molecule has 34 heavy (non-hydrogen) atoms. The lowest BCUT2D eigenvalue weighted by Gasteiger charge is -2.12. The second-order valence-corrected chi connectivity index (χ2v) is 9.20. The molecule has 0 aliphatic rings. The largest absolute Gasteiger partial charge is 0.503 e. The molecule has 0 radical (unpaired) electrons. The summed E-state index contributed by atoms with van der Waals surface area (Å²) in [5.41, 5.74) is 2.17. The quantitative estimate of drug-likeness (QED) is 0.152. The van der Waals surface area contributed by atoms with Crippen molar-refractivity contribution in [2.45, 2.75) is 91.9 Å². The Labute approximate surface area is 204 Å². The van der Waals surface area contributed by atoms with Crippen LogP contribution in [0.15, 0.2) is 50.7 Å². The lowest BCUT2D eigenvalue weighted by Crippen LogP contribution is -2.09. The zero-order chi connectivity index (χ0) is 24.8. The van der Waals surface area contributed by atoms with Gasteiger partial charge in [0, 0.05) is 0 Å². The van der Waals surface area contributed by atoms with Crippen molar-refractivity contribution in [3.8, 4) is 17.2 Å². The van der Waals surface area contributed by atoms with Crippen LogP contribution in [0.3, 0.4) is 0 Å². The van der Waals surface area contributed by atoms with Crippen molar-refractivity contribution in [3.63, 3.8) is 0 Å². The molecule has 5 nitrogen and oxygen atoms in total. The van der Waals surface area contributed by atoms with Gasteiger partial charge >= 0.3 is 5.63 Å². The average Bonchev–Trinajstić information content (AvgIpc) is 2.79. The maximum absolute atomic E-state index is 12.4. The maximum atomic E-state index is 12.4. The number of ether oxygens (including phenoxy) is 2. The second kappa shape index (κ2) is 15.3. The van der Waals surface area contributed by atoms with Gasteiger partial charge in [0.05, 0.1) is 6.61 Å². The van der Waals surface area contributed by atoms with Crippen LogP contribution >= 0.6 is 0 Å². The van der Waals surface area contributed by atoms with E-state index in [1.165, 1.54) is 43.3 Å². The van der Waals surface area contributed by atoms with Crippen LogP contribution in [0.25, 0.3) is 11.0 Å². The summed E-state index contributed by atoms with van der Waals surface area (Å²) in [6.07, 6.45) is 15.6. The summed E-state index contributed by atoms with van der Waals surface area (Å²) >= 11 is 0. The highest BCUT2D eigenvalue weighted by atomic mass is 16.5. The molecule has 2 rings (SSSR count). The summed E-state index contributed by atoms with van der Waals surface area (Å²) in [5.74, 6) is 0.106. The minimum absolute atomic E-state index is 0.139. The Kier molecular flexibility index (Phi) is 12.4. The molecule has 5 heteroatoms. The van der Waals surface area contributed by atoms with Crippen LogP contribution < -0.4 is 15.1 Å². The molecule has 0 unspecified atom stereocenters. The van der Waals surface area contributed by atoms with Crippen molar-refractivity contribution >= 4 is 11.0 Å². The average molecular weight is 471 g/mol. The fraction of sp³-hybridized carbons (Fsp3) is 0.552. The van der Waals surface area contributed by atoms with Crippen molar-refractivity contribution in [1.82, 2.24) is 0 Å². The van der Waals surface area contributed by atoms with Gasteiger partial charge in [-0.3, -0.25) is 0 Å². The maximum Gasteiger partial charge on any atom is 0.383 e. The molecular weight excluding hydrogens is 428 g/mol. The first kappa shape index (κ1) is 27.6. The van der Waals surface area contributed by atoms with E-state index in [0.717, 1.165) is 32.1 Å². The predicted octanol–water partition coefficient (Wildman–Crippen LogP) is 8.09. The second-order valence-electron chi connectivity index (χ2n) is 9.20. The highest BCUT2D eigenvalue weighted by molar-refractivity contribution is 5.91. The third kappa shape index (κ3) is 9.28. The number of hydrogen-bond donors (Lipinski definition) is 1. The van der Waals surface area contributed by atoms with Gasteiger partial charge in [0.15, 0.2) is 5.75 Å². The first-order chi connectivity index (χ1) is 16.4. The van der Waals surface area contributed by atoms with E-state index in [1.54, 1.807) is 18.2 Å². The molecule has 0 fully saturated rings. The third-order valence-corrected chi connectivity index (χ3v) is 5.83. The van der Waals surface area contributed by atoms with Gasteiger partial charge < -0.3 is 19.0 Å². The third-order valence-electron chi connectivity index (χ3n) is 5.83. The Bertz CT molecular complexity index is 995. The number of unbranched alkanes of at least 4 members (excludes halogenated alkanes) is 7. The summed E-state index contributed by atoms with van der Waals surface area (Å²) in [7, 11) is 0. The summed E-state index contributed by atoms with van der Waals surface area (Å²) in [5, 5.41) is 11.2. The number of hydrogen-bond acceptors (Lipinski definition) is 5. The lowest BCUT2D eigenvalue weighted by molar-refractivity contribution is 0.274. The molecule has 1 aromatic heterocycles. The molecule has 1 heterocycles. The number of fused-ring (bicyclic) bond motifs is 1. The Morgan fingerprint density at radius 1 is 0.971 bits per heavy atom. The molecule has 0 amide bonds. The molecule has 0 atom stereocenters. The van der Waals surface area contributed by atoms with Gasteiger partial charge in [0.1, 0.15) is 23.3 Å². The smallest absolute Gasteiger partial charge is 0.383 e. The van der Waals surface area contributed by atoms with Crippen molar-refractivity contribution in [3.05, 3.63) is 51.9 Å². The van der Waals surface area contributed by atoms with E-state index in [2.05, 4.69) is 33.8 Å². The molecule has 2 aromatic rings. The van der Waals surface area contributed by atoms with Crippen LogP contribution in [0.4, 0.5) is 0 Å². The molecule has 0 saturated heterocycles. The fourth-order valence-electron chi connectivity index (χ4n) is 3.81. The summed E-state index contributed by atoms with van der Waals surface area (Å²) < 4.78 is 17.0. The highest BCUT2D eigenvalue weighted by Crippen LogP contribution is 2.37. The normalized spacial score (nSPS) is 11.6. The minimum Gasteiger partial charge on any atom is -0.503 e. The monoisotopic (exact) mass is 470 g/mol. The molecule has 1 aromatic carbocycles. The van der Waals surface area contributed by atoms with Gasteiger partial charge in [-0.2, -0.15) is 0 Å². The predicted molar refractivity (Wildman–Crippen MR) is 140 cm³/mol. The van der Waals surface area contributed by atoms with E-state index in [9.17, 15) is 9.90 Å². The first-order valence-electron chi connectivity index (χ1n) is 12.8. The Morgan fingerprint density at radius 2 is 1.68 bits per heavy atom. The Morgan fingerprint density at radius 3 is 2.38 bits per heavy atom. The zero-order valence-corrected chi connectivity index (χ0v) is 21.5. The van der Waals surface area contributed by atoms with Gasteiger partial charge in [-0.15, -0.1) is 0 Å². The fourth-order valence-corrected chi connectivity index (χ4v) is 3.81. The van der Waals surface area contributed by atoms with Crippen LogP contribution in [-0.2, 0) is 0 Å². The van der Waals surface area contributed by atoms with E-state index >= 15 is 0 Å². The summed E-state index contributed by atoms with van der Waals surface area (Å²) in [6.45, 7) is 9.24. The Hall–Kier alpha value is -2.69. The van der Waals surface area contributed by atoms with Gasteiger partial charge in [-0.1, -0.05) is 75.2 Å². The SMILES string of the molecule is CCCCCCCCCCOc1c(O)c2c(OCC=C(C)CCC=C(C)C)cccc2oc1=O. The van der Waals surface area contributed by atoms with Crippen LogP contribution in [-0.4, -0.2) is 18.3 Å². The Balaban J connectivity index is 1.97. The van der Waals surface area contributed by atoms with Crippen molar-refractivity contribution < 1.29 is 19.0 Å². The van der Waals surface area contributed by atoms with Crippen molar-refractivity contribution in [1.29, 1.82) is 0 Å².